The maximum atomic E-state index is 12.3. The molecule has 2 aromatic rings. The standard InChI is InChI=1S/C19H24N2O3S2/c1-3-4-12-20-26(23,24)18-7-5-6-16(14-18)21-19(22)13-15-8-10-17(25-2)11-9-15/h5-11,14,20H,3-4,12-13H2,1-2H3,(H,21,22). The summed E-state index contributed by atoms with van der Waals surface area (Å²) in [6, 6.07) is 14.1. The van der Waals surface area contributed by atoms with Crippen LogP contribution < -0.4 is 10.0 Å². The van der Waals surface area contributed by atoms with E-state index in [4.69, 9.17) is 0 Å². The number of sulfonamides is 1. The molecule has 0 aliphatic heterocycles. The van der Waals surface area contributed by atoms with Gasteiger partial charge in [0.1, 0.15) is 0 Å². The first-order valence-corrected chi connectivity index (χ1v) is 11.2. The highest BCUT2D eigenvalue weighted by molar-refractivity contribution is 7.98. The van der Waals surface area contributed by atoms with Crippen molar-refractivity contribution in [2.45, 2.75) is 36.0 Å². The average molecular weight is 393 g/mol. The molecule has 0 aliphatic carbocycles. The molecule has 2 aromatic carbocycles. The normalized spacial score (nSPS) is 11.3. The molecule has 0 unspecified atom stereocenters. The Kier molecular flexibility index (Phi) is 7.68. The molecule has 1 amide bonds. The van der Waals surface area contributed by atoms with E-state index in [9.17, 15) is 13.2 Å². The van der Waals surface area contributed by atoms with Crippen LogP contribution in [0.1, 0.15) is 25.3 Å². The van der Waals surface area contributed by atoms with E-state index in [1.165, 1.54) is 12.1 Å². The monoisotopic (exact) mass is 392 g/mol. The third-order valence-electron chi connectivity index (χ3n) is 3.77. The SMILES string of the molecule is CCCCNS(=O)(=O)c1cccc(NC(=O)Cc2ccc(SC)cc2)c1. The van der Waals surface area contributed by atoms with Gasteiger partial charge in [-0.05, 0) is 48.6 Å². The molecule has 5 nitrogen and oxygen atoms in total. The van der Waals surface area contributed by atoms with E-state index in [2.05, 4.69) is 10.0 Å². The van der Waals surface area contributed by atoms with Crippen LogP contribution in [0.2, 0.25) is 0 Å². The number of carbonyl (C=O) groups excluding carboxylic acids is 1. The van der Waals surface area contributed by atoms with Crippen LogP contribution in [-0.2, 0) is 21.2 Å². The third-order valence-corrected chi connectivity index (χ3v) is 5.98. The number of carbonyl (C=O) groups is 1. The fraction of sp³-hybridized carbons (Fsp3) is 0.316. The Balaban J connectivity index is 2.01. The average Bonchev–Trinajstić information content (AvgIpc) is 2.62. The van der Waals surface area contributed by atoms with Gasteiger partial charge in [0.15, 0.2) is 0 Å². The molecule has 0 aromatic heterocycles. The van der Waals surface area contributed by atoms with Crippen LogP contribution in [-0.4, -0.2) is 27.1 Å². The Labute approximate surface area is 159 Å². The van der Waals surface area contributed by atoms with E-state index >= 15 is 0 Å². The maximum Gasteiger partial charge on any atom is 0.240 e. The number of unbranched alkanes of at least 4 members (excludes halogenated alkanes) is 1. The molecule has 2 rings (SSSR count). The Morgan fingerprint density at radius 2 is 1.85 bits per heavy atom. The Bertz CT molecular complexity index is 834. The van der Waals surface area contributed by atoms with E-state index in [0.29, 0.717) is 12.2 Å². The smallest absolute Gasteiger partial charge is 0.240 e. The summed E-state index contributed by atoms with van der Waals surface area (Å²) >= 11 is 1.65. The number of thioether (sulfide) groups is 1. The molecule has 0 saturated heterocycles. The van der Waals surface area contributed by atoms with Gasteiger partial charge in [-0.25, -0.2) is 13.1 Å². The summed E-state index contributed by atoms with van der Waals surface area (Å²) in [5, 5.41) is 2.76. The summed E-state index contributed by atoms with van der Waals surface area (Å²) < 4.78 is 27.1. The highest BCUT2D eigenvalue weighted by Crippen LogP contribution is 2.17. The van der Waals surface area contributed by atoms with Crippen molar-refractivity contribution in [3.05, 3.63) is 54.1 Å². The van der Waals surface area contributed by atoms with Crippen molar-refractivity contribution in [2.75, 3.05) is 18.1 Å². The van der Waals surface area contributed by atoms with Crippen LogP contribution in [0.5, 0.6) is 0 Å². The summed E-state index contributed by atoms with van der Waals surface area (Å²) in [5.41, 5.74) is 1.37. The fourth-order valence-electron chi connectivity index (χ4n) is 2.34. The lowest BCUT2D eigenvalue weighted by atomic mass is 10.1. The zero-order valence-corrected chi connectivity index (χ0v) is 16.6. The lowest BCUT2D eigenvalue weighted by molar-refractivity contribution is -0.115. The van der Waals surface area contributed by atoms with Crippen LogP contribution in [0.15, 0.2) is 58.3 Å². The van der Waals surface area contributed by atoms with E-state index in [-0.39, 0.29) is 17.2 Å². The van der Waals surface area contributed by atoms with Crippen molar-refractivity contribution >= 4 is 33.4 Å². The van der Waals surface area contributed by atoms with Gasteiger partial charge in [0.25, 0.3) is 0 Å². The molecule has 0 saturated carbocycles. The first kappa shape index (κ1) is 20.5. The summed E-state index contributed by atoms with van der Waals surface area (Å²) in [6.07, 6.45) is 3.93. The van der Waals surface area contributed by atoms with Crippen molar-refractivity contribution in [3.8, 4) is 0 Å². The Hall–Kier alpha value is -1.83. The molecule has 0 radical (unpaired) electrons. The van der Waals surface area contributed by atoms with Crippen LogP contribution >= 0.6 is 11.8 Å². The van der Waals surface area contributed by atoms with Gasteiger partial charge in [-0.2, -0.15) is 0 Å². The summed E-state index contributed by atoms with van der Waals surface area (Å²) in [7, 11) is -3.56. The van der Waals surface area contributed by atoms with E-state index < -0.39 is 10.0 Å². The molecule has 2 N–H and O–H groups in total. The molecule has 0 fully saturated rings. The third kappa shape index (κ3) is 6.16. The maximum absolute atomic E-state index is 12.3. The zero-order chi connectivity index (χ0) is 19.0. The number of amides is 1. The van der Waals surface area contributed by atoms with Crippen molar-refractivity contribution in [3.63, 3.8) is 0 Å². The highest BCUT2D eigenvalue weighted by Gasteiger charge is 2.14. The number of hydrogen-bond acceptors (Lipinski definition) is 4. The zero-order valence-electron chi connectivity index (χ0n) is 15.0. The van der Waals surface area contributed by atoms with E-state index in [1.54, 1.807) is 23.9 Å². The molecule has 0 atom stereocenters. The second-order valence-electron chi connectivity index (χ2n) is 5.85. The molecule has 7 heteroatoms. The van der Waals surface area contributed by atoms with Gasteiger partial charge in [-0.1, -0.05) is 31.5 Å². The molecule has 0 bridgehead atoms. The topological polar surface area (TPSA) is 75.3 Å². The van der Waals surface area contributed by atoms with E-state index in [0.717, 1.165) is 23.3 Å². The minimum atomic E-state index is -3.56. The van der Waals surface area contributed by atoms with Crippen LogP contribution in [0.4, 0.5) is 5.69 Å². The first-order valence-electron chi connectivity index (χ1n) is 8.47. The first-order chi connectivity index (χ1) is 12.4. The molecular weight excluding hydrogens is 368 g/mol. The summed E-state index contributed by atoms with van der Waals surface area (Å²) in [5.74, 6) is -0.185. The highest BCUT2D eigenvalue weighted by atomic mass is 32.2. The summed E-state index contributed by atoms with van der Waals surface area (Å²) in [6.45, 7) is 2.40. The fourth-order valence-corrected chi connectivity index (χ4v) is 3.87. The summed E-state index contributed by atoms with van der Waals surface area (Å²) in [4.78, 5) is 13.5. The lowest BCUT2D eigenvalue weighted by Gasteiger charge is -2.09. The van der Waals surface area contributed by atoms with Gasteiger partial charge in [0.05, 0.1) is 11.3 Å². The van der Waals surface area contributed by atoms with Crippen LogP contribution in [0.25, 0.3) is 0 Å². The van der Waals surface area contributed by atoms with Crippen LogP contribution in [0.3, 0.4) is 0 Å². The van der Waals surface area contributed by atoms with Gasteiger partial charge in [-0.3, -0.25) is 4.79 Å². The predicted molar refractivity (Wildman–Crippen MR) is 107 cm³/mol. The second kappa shape index (κ2) is 9.75. The molecule has 0 aliphatic rings. The van der Waals surface area contributed by atoms with Crippen molar-refractivity contribution < 1.29 is 13.2 Å². The van der Waals surface area contributed by atoms with Crippen molar-refractivity contribution in [2.24, 2.45) is 0 Å². The lowest BCUT2D eigenvalue weighted by Crippen LogP contribution is -2.25. The van der Waals surface area contributed by atoms with Crippen molar-refractivity contribution in [1.29, 1.82) is 0 Å². The van der Waals surface area contributed by atoms with Gasteiger partial charge >= 0.3 is 0 Å². The van der Waals surface area contributed by atoms with Crippen molar-refractivity contribution in [1.82, 2.24) is 4.72 Å². The van der Waals surface area contributed by atoms with Gasteiger partial charge < -0.3 is 5.32 Å². The van der Waals surface area contributed by atoms with E-state index in [1.807, 2.05) is 37.4 Å². The van der Waals surface area contributed by atoms with Gasteiger partial charge in [-0.15, -0.1) is 11.8 Å². The minimum Gasteiger partial charge on any atom is -0.326 e. The molecular formula is C19H24N2O3S2. The quantitative estimate of drug-likeness (QED) is 0.504. The second-order valence-corrected chi connectivity index (χ2v) is 8.50. The molecule has 0 spiro atoms. The van der Waals surface area contributed by atoms with Crippen LogP contribution in [0, 0.1) is 0 Å². The Morgan fingerprint density at radius 3 is 2.50 bits per heavy atom. The number of rotatable bonds is 9. The van der Waals surface area contributed by atoms with Gasteiger partial charge in [0, 0.05) is 17.1 Å². The Morgan fingerprint density at radius 1 is 1.12 bits per heavy atom. The number of hydrogen-bond donors (Lipinski definition) is 2. The molecule has 140 valence electrons. The number of benzene rings is 2. The predicted octanol–water partition coefficient (Wildman–Crippen LogP) is 3.67. The number of anilines is 1. The minimum absolute atomic E-state index is 0.149. The van der Waals surface area contributed by atoms with Gasteiger partial charge in [0.2, 0.25) is 15.9 Å². The largest absolute Gasteiger partial charge is 0.326 e. The molecule has 26 heavy (non-hydrogen) atoms. The molecule has 0 heterocycles. The number of nitrogens with one attached hydrogen (secondary N) is 2.